The minimum absolute atomic E-state index is 0.138. The molecule has 0 aliphatic rings. The van der Waals surface area contributed by atoms with E-state index in [2.05, 4.69) is 44.1 Å². The van der Waals surface area contributed by atoms with Gasteiger partial charge in [-0.3, -0.25) is 4.79 Å². The summed E-state index contributed by atoms with van der Waals surface area (Å²) < 4.78 is 7.22. The molecule has 0 bridgehead atoms. The first kappa shape index (κ1) is 15.5. The lowest BCUT2D eigenvalue weighted by atomic mass is 10.2. The summed E-state index contributed by atoms with van der Waals surface area (Å²) in [4.78, 5) is 12.1. The molecule has 2 rings (SSSR count). The fraction of sp³-hybridized carbons (Fsp3) is 0.214. The van der Waals surface area contributed by atoms with Gasteiger partial charge in [-0.1, -0.05) is 6.92 Å². The number of ether oxygens (including phenoxy) is 1. The molecule has 0 unspecified atom stereocenters. The van der Waals surface area contributed by atoms with Gasteiger partial charge in [-0.25, -0.2) is 0 Å². The number of hydrogen-bond donors (Lipinski definition) is 1. The zero-order valence-electron chi connectivity index (χ0n) is 10.8. The molecular formula is C14H13Br2NO2S. The molecule has 2 aromatic rings. The van der Waals surface area contributed by atoms with Crippen LogP contribution in [0.25, 0.3) is 0 Å². The van der Waals surface area contributed by atoms with Gasteiger partial charge in [0.25, 0.3) is 5.91 Å². The Labute approximate surface area is 138 Å². The predicted octanol–water partition coefficient (Wildman–Crippen LogP) is 5.31. The van der Waals surface area contributed by atoms with Gasteiger partial charge in [0.15, 0.2) is 0 Å². The van der Waals surface area contributed by atoms with Crippen LogP contribution in [-0.2, 0) is 0 Å². The third-order valence-electron chi connectivity index (χ3n) is 2.49. The zero-order valence-corrected chi connectivity index (χ0v) is 14.8. The number of hydrogen-bond acceptors (Lipinski definition) is 3. The van der Waals surface area contributed by atoms with Crippen LogP contribution in [-0.4, -0.2) is 12.5 Å². The average Bonchev–Trinajstić information content (AvgIpc) is 2.77. The van der Waals surface area contributed by atoms with Gasteiger partial charge in [0, 0.05) is 5.69 Å². The van der Waals surface area contributed by atoms with Gasteiger partial charge >= 0.3 is 0 Å². The van der Waals surface area contributed by atoms with Crippen LogP contribution in [0.2, 0.25) is 0 Å². The maximum absolute atomic E-state index is 12.1. The Morgan fingerprint density at radius 2 is 2.00 bits per heavy atom. The standard InChI is InChI=1S/C14H13Br2NO2S/c1-2-7-19-10-5-3-9(4-6-10)17-14(18)11-8-12(15)20-13(11)16/h3-6,8H,2,7H2,1H3,(H,17,18). The van der Waals surface area contributed by atoms with E-state index < -0.39 is 0 Å². The quantitative estimate of drug-likeness (QED) is 0.713. The number of carbonyl (C=O) groups excluding carboxylic acids is 1. The molecule has 1 N–H and O–H groups in total. The van der Waals surface area contributed by atoms with Crippen LogP contribution in [0.4, 0.5) is 5.69 Å². The Kier molecular flexibility index (Phi) is 5.63. The Morgan fingerprint density at radius 1 is 1.30 bits per heavy atom. The smallest absolute Gasteiger partial charge is 0.257 e. The molecule has 0 atom stereocenters. The van der Waals surface area contributed by atoms with Gasteiger partial charge in [-0.05, 0) is 68.6 Å². The lowest BCUT2D eigenvalue weighted by Crippen LogP contribution is -2.11. The van der Waals surface area contributed by atoms with Crippen LogP contribution >= 0.6 is 43.2 Å². The maximum atomic E-state index is 12.1. The molecule has 0 saturated heterocycles. The van der Waals surface area contributed by atoms with Crippen LogP contribution in [0.15, 0.2) is 37.9 Å². The number of anilines is 1. The van der Waals surface area contributed by atoms with Gasteiger partial charge in [0.1, 0.15) is 5.75 Å². The highest BCUT2D eigenvalue weighted by Crippen LogP contribution is 2.32. The topological polar surface area (TPSA) is 38.3 Å². The molecule has 3 nitrogen and oxygen atoms in total. The van der Waals surface area contributed by atoms with E-state index in [0.717, 1.165) is 25.4 Å². The molecule has 106 valence electrons. The van der Waals surface area contributed by atoms with Crippen LogP contribution < -0.4 is 10.1 Å². The van der Waals surface area contributed by atoms with Crippen molar-refractivity contribution in [1.29, 1.82) is 0 Å². The average molecular weight is 419 g/mol. The van der Waals surface area contributed by atoms with Gasteiger partial charge in [-0.15, -0.1) is 11.3 Å². The summed E-state index contributed by atoms with van der Waals surface area (Å²) in [5.74, 6) is 0.672. The summed E-state index contributed by atoms with van der Waals surface area (Å²) in [7, 11) is 0. The summed E-state index contributed by atoms with van der Waals surface area (Å²) in [5.41, 5.74) is 1.36. The van der Waals surface area contributed by atoms with Crippen LogP contribution in [0.3, 0.4) is 0 Å². The summed E-state index contributed by atoms with van der Waals surface area (Å²) in [5, 5.41) is 2.86. The number of amides is 1. The minimum atomic E-state index is -0.138. The van der Waals surface area contributed by atoms with Crippen molar-refractivity contribution in [1.82, 2.24) is 0 Å². The third-order valence-corrected chi connectivity index (χ3v) is 4.83. The second-order valence-corrected chi connectivity index (χ2v) is 7.81. The van der Waals surface area contributed by atoms with Crippen LogP contribution in [0.1, 0.15) is 23.7 Å². The molecule has 1 aromatic heterocycles. The lowest BCUT2D eigenvalue weighted by Gasteiger charge is -2.07. The van der Waals surface area contributed by atoms with E-state index in [1.807, 2.05) is 24.3 Å². The monoisotopic (exact) mass is 417 g/mol. The van der Waals surface area contributed by atoms with Gasteiger partial charge in [0.2, 0.25) is 0 Å². The minimum Gasteiger partial charge on any atom is -0.494 e. The fourth-order valence-corrected chi connectivity index (χ4v) is 4.34. The van der Waals surface area contributed by atoms with E-state index in [1.165, 1.54) is 11.3 Å². The molecule has 0 radical (unpaired) electrons. The van der Waals surface area contributed by atoms with Crippen molar-refractivity contribution in [2.24, 2.45) is 0 Å². The van der Waals surface area contributed by atoms with Gasteiger partial charge < -0.3 is 10.1 Å². The largest absolute Gasteiger partial charge is 0.494 e. The number of thiophene rings is 1. The number of halogens is 2. The molecule has 0 aliphatic heterocycles. The first-order valence-electron chi connectivity index (χ1n) is 6.09. The van der Waals surface area contributed by atoms with Crippen molar-refractivity contribution in [3.63, 3.8) is 0 Å². The molecule has 20 heavy (non-hydrogen) atoms. The van der Waals surface area contributed by atoms with Crippen molar-refractivity contribution < 1.29 is 9.53 Å². The Morgan fingerprint density at radius 3 is 2.55 bits per heavy atom. The predicted molar refractivity (Wildman–Crippen MR) is 89.9 cm³/mol. The van der Waals surface area contributed by atoms with E-state index in [-0.39, 0.29) is 5.91 Å². The summed E-state index contributed by atoms with van der Waals surface area (Å²) in [6.45, 7) is 2.76. The van der Waals surface area contributed by atoms with Crippen molar-refractivity contribution in [3.8, 4) is 5.75 Å². The lowest BCUT2D eigenvalue weighted by molar-refractivity contribution is 0.102. The highest BCUT2D eigenvalue weighted by atomic mass is 79.9. The molecule has 1 amide bonds. The Hall–Kier alpha value is -0.850. The highest BCUT2D eigenvalue weighted by Gasteiger charge is 2.13. The molecule has 0 fully saturated rings. The van der Waals surface area contributed by atoms with E-state index >= 15 is 0 Å². The third kappa shape index (κ3) is 4.07. The second kappa shape index (κ2) is 7.24. The molecular weight excluding hydrogens is 406 g/mol. The first-order valence-corrected chi connectivity index (χ1v) is 8.49. The molecule has 0 aliphatic carbocycles. The SMILES string of the molecule is CCCOc1ccc(NC(=O)c2cc(Br)sc2Br)cc1. The van der Waals surface area contributed by atoms with E-state index in [9.17, 15) is 4.79 Å². The Bertz CT molecular complexity index is 596. The van der Waals surface area contributed by atoms with Crippen molar-refractivity contribution >= 4 is 54.8 Å². The summed E-state index contributed by atoms with van der Waals surface area (Å²) in [6, 6.07) is 9.16. The molecule has 0 saturated carbocycles. The van der Waals surface area contributed by atoms with Crippen LogP contribution in [0, 0.1) is 0 Å². The molecule has 6 heteroatoms. The zero-order chi connectivity index (χ0) is 14.5. The van der Waals surface area contributed by atoms with Gasteiger partial charge in [0.05, 0.1) is 19.7 Å². The number of carbonyl (C=O) groups is 1. The van der Waals surface area contributed by atoms with Crippen molar-refractivity contribution in [2.45, 2.75) is 13.3 Å². The highest BCUT2D eigenvalue weighted by molar-refractivity contribution is 9.12. The van der Waals surface area contributed by atoms with E-state index in [1.54, 1.807) is 6.07 Å². The molecule has 1 aromatic carbocycles. The number of benzene rings is 1. The Balaban J connectivity index is 2.02. The molecule has 1 heterocycles. The van der Waals surface area contributed by atoms with Gasteiger partial charge in [-0.2, -0.15) is 0 Å². The summed E-state index contributed by atoms with van der Waals surface area (Å²) in [6.07, 6.45) is 0.972. The van der Waals surface area contributed by atoms with Crippen LogP contribution in [0.5, 0.6) is 5.75 Å². The first-order chi connectivity index (χ1) is 9.60. The summed E-state index contributed by atoms with van der Waals surface area (Å²) >= 11 is 8.21. The second-order valence-electron chi connectivity index (χ2n) is 4.06. The fourth-order valence-electron chi connectivity index (χ4n) is 1.55. The van der Waals surface area contributed by atoms with Crippen molar-refractivity contribution in [3.05, 3.63) is 43.5 Å². The molecule has 0 spiro atoms. The number of nitrogens with one attached hydrogen (secondary N) is 1. The maximum Gasteiger partial charge on any atom is 0.257 e. The normalized spacial score (nSPS) is 10.3. The van der Waals surface area contributed by atoms with Crippen molar-refractivity contribution in [2.75, 3.05) is 11.9 Å². The van der Waals surface area contributed by atoms with E-state index in [4.69, 9.17) is 4.74 Å². The van der Waals surface area contributed by atoms with E-state index in [0.29, 0.717) is 12.2 Å². The number of rotatable bonds is 5.